The van der Waals surface area contributed by atoms with Crippen LogP contribution >= 0.6 is 0 Å². The molecule has 3 nitrogen and oxygen atoms in total. The monoisotopic (exact) mass is 315 g/mol. The van der Waals surface area contributed by atoms with E-state index in [0.717, 1.165) is 6.54 Å². The maximum absolute atomic E-state index is 4.08. The number of fused-ring (bicyclic) bond motifs is 3. The predicted octanol–water partition coefficient (Wildman–Crippen LogP) is 4.43. The summed E-state index contributed by atoms with van der Waals surface area (Å²) in [4.78, 5) is 10.5. The molecule has 1 N–H and O–H groups in total. The first-order chi connectivity index (χ1) is 11.9. The fourth-order valence-electron chi connectivity index (χ4n) is 4.24. The summed E-state index contributed by atoms with van der Waals surface area (Å²) in [6.45, 7) is 3.59. The lowest BCUT2D eigenvalue weighted by atomic mass is 9.94. The largest absolute Gasteiger partial charge is 0.357 e. The molecule has 3 aliphatic heterocycles. The van der Waals surface area contributed by atoms with Gasteiger partial charge in [0.15, 0.2) is 0 Å². The summed E-state index contributed by atoms with van der Waals surface area (Å²) in [6, 6.07) is 10.7. The van der Waals surface area contributed by atoms with Crippen molar-refractivity contribution >= 4 is 23.1 Å². The molecule has 3 aliphatic rings. The number of pyridine rings is 1. The molecule has 24 heavy (non-hydrogen) atoms. The average molecular weight is 315 g/mol. The van der Waals surface area contributed by atoms with Gasteiger partial charge in [-0.25, -0.2) is 0 Å². The van der Waals surface area contributed by atoms with Crippen LogP contribution in [0.5, 0.6) is 0 Å². The molecule has 0 atom stereocenters. The van der Waals surface area contributed by atoms with E-state index in [0.29, 0.717) is 5.92 Å². The summed E-state index contributed by atoms with van der Waals surface area (Å²) in [5, 5.41) is 1.40. The molecule has 3 heteroatoms. The van der Waals surface area contributed by atoms with Crippen LogP contribution < -0.4 is 0 Å². The molecule has 0 aliphatic carbocycles. The van der Waals surface area contributed by atoms with Gasteiger partial charge in [-0.2, -0.15) is 0 Å². The number of hydrogen-bond donors (Lipinski definition) is 1. The molecule has 5 heterocycles. The molecule has 1 saturated heterocycles. The summed E-state index contributed by atoms with van der Waals surface area (Å²) < 4.78 is 0. The third-order valence-electron chi connectivity index (χ3n) is 5.55. The highest BCUT2D eigenvalue weighted by atomic mass is 15.1. The number of aromatic nitrogens is 2. The van der Waals surface area contributed by atoms with E-state index in [4.69, 9.17) is 0 Å². The Morgan fingerprint density at radius 1 is 1.04 bits per heavy atom. The van der Waals surface area contributed by atoms with E-state index in [1.165, 1.54) is 59.2 Å². The van der Waals surface area contributed by atoms with Crippen molar-refractivity contribution in [3.05, 3.63) is 65.1 Å². The van der Waals surface area contributed by atoms with Gasteiger partial charge >= 0.3 is 0 Å². The highest BCUT2D eigenvalue weighted by molar-refractivity contribution is 5.93. The van der Waals surface area contributed by atoms with Gasteiger partial charge in [0.2, 0.25) is 0 Å². The van der Waals surface area contributed by atoms with Gasteiger partial charge in [0.25, 0.3) is 0 Å². The zero-order chi connectivity index (χ0) is 15.9. The number of aromatic amines is 1. The number of hydrogen-bond acceptors (Lipinski definition) is 2. The van der Waals surface area contributed by atoms with Crippen molar-refractivity contribution < 1.29 is 0 Å². The molecule has 6 rings (SSSR count). The number of rotatable bonds is 2. The summed E-state index contributed by atoms with van der Waals surface area (Å²) in [7, 11) is 0. The zero-order valence-electron chi connectivity index (χ0n) is 13.7. The molecule has 2 aromatic heterocycles. The van der Waals surface area contributed by atoms with Crippen LogP contribution in [0, 0.1) is 0 Å². The number of nitrogens with one attached hydrogen (secondary N) is 1. The topological polar surface area (TPSA) is 31.9 Å². The SMILES string of the molecule is C(=Cc1cccc2c3c([nH]c12)C1CCN(CC1)C3)c1ccncc1. The van der Waals surface area contributed by atoms with Crippen molar-refractivity contribution in [3.8, 4) is 0 Å². The van der Waals surface area contributed by atoms with Crippen LogP contribution in [0.4, 0.5) is 0 Å². The molecule has 0 amide bonds. The molecule has 0 unspecified atom stereocenters. The van der Waals surface area contributed by atoms with Gasteiger partial charge in [-0.15, -0.1) is 0 Å². The standard InChI is InChI=1S/C21H21N3/c1-2-16(5-4-15-6-10-22-11-7-15)20-18(3-1)19-14-24-12-8-17(9-13-24)21(19)23-20/h1-7,10-11,17,23H,8-9,12-14H2. The quantitative estimate of drug-likeness (QED) is 0.759. The predicted molar refractivity (Wildman–Crippen MR) is 98.7 cm³/mol. The van der Waals surface area contributed by atoms with Crippen LogP contribution in [0.15, 0.2) is 42.7 Å². The number of para-hydroxylation sites is 1. The fraction of sp³-hybridized carbons (Fsp3) is 0.286. The van der Waals surface area contributed by atoms with Crippen molar-refractivity contribution in [1.29, 1.82) is 0 Å². The van der Waals surface area contributed by atoms with Gasteiger partial charge in [-0.3, -0.25) is 9.88 Å². The van der Waals surface area contributed by atoms with Crippen molar-refractivity contribution in [2.75, 3.05) is 13.1 Å². The molecule has 1 aromatic carbocycles. The minimum absolute atomic E-state index is 0.711. The Labute approximate surface area is 142 Å². The van der Waals surface area contributed by atoms with Crippen LogP contribution in [0.1, 0.15) is 41.1 Å². The highest BCUT2D eigenvalue weighted by Crippen LogP contribution is 2.39. The van der Waals surface area contributed by atoms with Gasteiger partial charge < -0.3 is 4.98 Å². The number of H-pyrrole nitrogens is 1. The molecule has 2 bridgehead atoms. The van der Waals surface area contributed by atoms with Gasteiger partial charge in [-0.05, 0) is 54.8 Å². The molecule has 3 aromatic rings. The Morgan fingerprint density at radius 2 is 1.88 bits per heavy atom. The van der Waals surface area contributed by atoms with Crippen molar-refractivity contribution in [3.63, 3.8) is 0 Å². The number of nitrogens with zero attached hydrogens (tertiary/aromatic N) is 2. The molecule has 0 spiro atoms. The van der Waals surface area contributed by atoms with Crippen molar-refractivity contribution in [2.24, 2.45) is 0 Å². The van der Waals surface area contributed by atoms with E-state index in [1.54, 1.807) is 0 Å². The minimum atomic E-state index is 0.711. The van der Waals surface area contributed by atoms with E-state index in [9.17, 15) is 0 Å². The molecular formula is C21H21N3. The fourth-order valence-corrected chi connectivity index (χ4v) is 4.24. The lowest BCUT2D eigenvalue weighted by molar-refractivity contribution is 0.220. The Balaban J connectivity index is 1.61. The van der Waals surface area contributed by atoms with Crippen molar-refractivity contribution in [2.45, 2.75) is 25.3 Å². The Hall–Kier alpha value is -2.39. The summed E-state index contributed by atoms with van der Waals surface area (Å²) >= 11 is 0. The van der Waals surface area contributed by atoms with E-state index >= 15 is 0 Å². The minimum Gasteiger partial charge on any atom is -0.357 e. The number of benzene rings is 1. The first-order valence-electron chi connectivity index (χ1n) is 8.82. The third-order valence-corrected chi connectivity index (χ3v) is 5.55. The van der Waals surface area contributed by atoms with Crippen LogP contribution in [-0.4, -0.2) is 28.0 Å². The van der Waals surface area contributed by atoms with Gasteiger partial charge in [0, 0.05) is 35.9 Å². The van der Waals surface area contributed by atoms with E-state index in [2.05, 4.69) is 45.2 Å². The second-order valence-corrected chi connectivity index (χ2v) is 6.95. The maximum atomic E-state index is 4.08. The maximum Gasteiger partial charge on any atom is 0.0533 e. The highest BCUT2D eigenvalue weighted by Gasteiger charge is 2.30. The second-order valence-electron chi connectivity index (χ2n) is 6.95. The average Bonchev–Trinajstić information content (AvgIpc) is 2.81. The van der Waals surface area contributed by atoms with Crippen LogP contribution in [-0.2, 0) is 6.54 Å². The molecule has 120 valence electrons. The van der Waals surface area contributed by atoms with Crippen molar-refractivity contribution in [1.82, 2.24) is 14.9 Å². The molecule has 0 radical (unpaired) electrons. The smallest absolute Gasteiger partial charge is 0.0533 e. The normalized spacial score (nSPS) is 22.8. The van der Waals surface area contributed by atoms with Gasteiger partial charge in [0.1, 0.15) is 0 Å². The zero-order valence-corrected chi connectivity index (χ0v) is 13.7. The van der Waals surface area contributed by atoms with Crippen LogP contribution in [0.2, 0.25) is 0 Å². The Kier molecular flexibility index (Phi) is 3.27. The first-order valence-corrected chi connectivity index (χ1v) is 8.82. The molecule has 0 saturated carbocycles. The Bertz CT molecular complexity index is 899. The van der Waals surface area contributed by atoms with E-state index in [1.807, 2.05) is 24.5 Å². The van der Waals surface area contributed by atoms with Crippen LogP contribution in [0.25, 0.3) is 23.1 Å². The van der Waals surface area contributed by atoms with Gasteiger partial charge in [-0.1, -0.05) is 30.4 Å². The lowest BCUT2D eigenvalue weighted by Crippen LogP contribution is -2.29. The third kappa shape index (κ3) is 2.28. The summed E-state index contributed by atoms with van der Waals surface area (Å²) in [5.41, 5.74) is 6.77. The summed E-state index contributed by atoms with van der Waals surface area (Å²) in [6.07, 6.45) is 10.6. The number of piperidine rings is 1. The second kappa shape index (κ2) is 5.60. The summed E-state index contributed by atoms with van der Waals surface area (Å²) in [5.74, 6) is 0.711. The van der Waals surface area contributed by atoms with E-state index in [-0.39, 0.29) is 0 Å². The van der Waals surface area contributed by atoms with E-state index < -0.39 is 0 Å². The molecule has 1 fully saturated rings. The molecular weight excluding hydrogens is 294 g/mol. The Morgan fingerprint density at radius 3 is 2.71 bits per heavy atom. The van der Waals surface area contributed by atoms with Crippen LogP contribution in [0.3, 0.4) is 0 Å². The lowest BCUT2D eigenvalue weighted by Gasteiger charge is -2.26. The van der Waals surface area contributed by atoms with Gasteiger partial charge in [0.05, 0.1) is 5.52 Å². The first kappa shape index (κ1) is 14.0.